The molecule has 0 radical (unpaired) electrons. The summed E-state index contributed by atoms with van der Waals surface area (Å²) in [6, 6.07) is 8.94. The van der Waals surface area contributed by atoms with Crippen LogP contribution in [-0.4, -0.2) is 0 Å². The third-order valence-electron chi connectivity index (χ3n) is 2.77. The Morgan fingerprint density at radius 2 is 1.14 bits per heavy atom. The lowest BCUT2D eigenvalue weighted by atomic mass is 10.1. The van der Waals surface area contributed by atoms with Crippen LogP contribution in [0.15, 0.2) is 35.0 Å². The van der Waals surface area contributed by atoms with Gasteiger partial charge in [-0.15, -0.1) is 22.7 Å². The second-order valence-corrected chi connectivity index (χ2v) is 5.35. The molecule has 0 saturated carbocycles. The van der Waals surface area contributed by atoms with E-state index in [4.69, 9.17) is 0 Å². The third kappa shape index (κ3) is 0.703. The van der Waals surface area contributed by atoms with Gasteiger partial charge in [0.1, 0.15) is 0 Å². The molecule has 2 aromatic heterocycles. The van der Waals surface area contributed by atoms with Crippen molar-refractivity contribution in [2.24, 2.45) is 0 Å². The molecule has 0 aliphatic heterocycles. The summed E-state index contributed by atoms with van der Waals surface area (Å²) in [6.45, 7) is 0. The van der Waals surface area contributed by atoms with Gasteiger partial charge in [-0.1, -0.05) is 12.1 Å². The van der Waals surface area contributed by atoms with Gasteiger partial charge < -0.3 is 0 Å². The van der Waals surface area contributed by atoms with Crippen LogP contribution >= 0.6 is 22.7 Å². The molecule has 0 atom stereocenters. The number of rotatable bonds is 0. The van der Waals surface area contributed by atoms with Crippen LogP contribution in [-0.2, 0) is 0 Å². The highest BCUT2D eigenvalue weighted by atomic mass is 32.1. The van der Waals surface area contributed by atoms with Crippen LogP contribution in [0.1, 0.15) is 0 Å². The van der Waals surface area contributed by atoms with Crippen LogP contribution in [0.2, 0.25) is 0 Å². The Labute approximate surface area is 88.7 Å². The molecule has 0 nitrogen and oxygen atoms in total. The van der Waals surface area contributed by atoms with E-state index in [1.807, 2.05) is 22.7 Å². The van der Waals surface area contributed by atoms with Crippen molar-refractivity contribution in [1.82, 2.24) is 0 Å². The van der Waals surface area contributed by atoms with Crippen LogP contribution in [0.25, 0.3) is 30.9 Å². The van der Waals surface area contributed by atoms with E-state index in [1.165, 1.54) is 30.9 Å². The zero-order valence-electron chi connectivity index (χ0n) is 7.28. The second kappa shape index (κ2) is 2.27. The van der Waals surface area contributed by atoms with Gasteiger partial charge in [-0.25, -0.2) is 0 Å². The topological polar surface area (TPSA) is 0 Å². The highest BCUT2D eigenvalue weighted by Crippen LogP contribution is 2.40. The van der Waals surface area contributed by atoms with Crippen LogP contribution in [0.3, 0.4) is 0 Å². The van der Waals surface area contributed by atoms with E-state index in [9.17, 15) is 0 Å². The van der Waals surface area contributed by atoms with Gasteiger partial charge >= 0.3 is 0 Å². The molecule has 0 amide bonds. The second-order valence-electron chi connectivity index (χ2n) is 3.53. The number of hydrogen-bond donors (Lipinski definition) is 0. The van der Waals surface area contributed by atoms with E-state index in [-0.39, 0.29) is 0 Å². The lowest BCUT2D eigenvalue weighted by Gasteiger charge is -1.97. The van der Waals surface area contributed by atoms with Gasteiger partial charge in [-0.3, -0.25) is 0 Å². The first-order chi connectivity index (χ1) is 6.93. The molecule has 0 aliphatic carbocycles. The molecular formula is C12H6S2. The summed E-state index contributed by atoms with van der Waals surface area (Å²) in [6.07, 6.45) is 0. The van der Waals surface area contributed by atoms with Crippen molar-refractivity contribution < 1.29 is 0 Å². The van der Waals surface area contributed by atoms with Gasteiger partial charge in [0, 0.05) is 20.2 Å². The van der Waals surface area contributed by atoms with E-state index in [0.29, 0.717) is 0 Å². The molecule has 0 fully saturated rings. The van der Waals surface area contributed by atoms with Crippen molar-refractivity contribution in [3.63, 3.8) is 0 Å². The van der Waals surface area contributed by atoms with Crippen LogP contribution in [0.5, 0.6) is 0 Å². The minimum absolute atomic E-state index is 1.39. The highest BCUT2D eigenvalue weighted by Gasteiger charge is 2.09. The first-order valence-electron chi connectivity index (χ1n) is 4.53. The maximum Gasteiger partial charge on any atom is 0.0356 e. The van der Waals surface area contributed by atoms with Gasteiger partial charge in [0.05, 0.1) is 0 Å². The maximum absolute atomic E-state index is 2.25. The SMILES string of the molecule is c1cc2csc3ccc4scc1c4c23. The molecule has 2 heteroatoms. The first-order valence-corrected chi connectivity index (χ1v) is 6.29. The fourth-order valence-electron chi connectivity index (χ4n) is 2.13. The van der Waals surface area contributed by atoms with Gasteiger partial charge in [0.25, 0.3) is 0 Å². The fraction of sp³-hybridized carbons (Fsp3) is 0. The van der Waals surface area contributed by atoms with Crippen LogP contribution in [0, 0.1) is 0 Å². The highest BCUT2D eigenvalue weighted by molar-refractivity contribution is 7.20. The molecular weight excluding hydrogens is 208 g/mol. The molecule has 0 unspecified atom stereocenters. The standard InChI is InChI=1S/C12H6S2/c1-2-8-6-14-10-4-3-9-11(12(8)10)7(1)5-13-9/h1-6H. The van der Waals surface area contributed by atoms with Crippen LogP contribution in [0.4, 0.5) is 0 Å². The number of hydrogen-bond acceptors (Lipinski definition) is 2. The largest absolute Gasteiger partial charge is 0.143 e. The average molecular weight is 214 g/mol. The summed E-state index contributed by atoms with van der Waals surface area (Å²) >= 11 is 3.69. The summed E-state index contributed by atoms with van der Waals surface area (Å²) in [5.41, 5.74) is 0. The summed E-state index contributed by atoms with van der Waals surface area (Å²) in [7, 11) is 0. The van der Waals surface area contributed by atoms with Crippen LogP contribution < -0.4 is 0 Å². The molecule has 66 valence electrons. The smallest absolute Gasteiger partial charge is 0.0356 e. The minimum Gasteiger partial charge on any atom is -0.143 e. The van der Waals surface area contributed by atoms with E-state index in [1.54, 1.807) is 0 Å². The number of benzene rings is 2. The van der Waals surface area contributed by atoms with E-state index >= 15 is 0 Å². The van der Waals surface area contributed by atoms with E-state index < -0.39 is 0 Å². The predicted octanol–water partition coefficient (Wildman–Crippen LogP) is 4.71. The monoisotopic (exact) mass is 214 g/mol. The molecule has 4 rings (SSSR count). The van der Waals surface area contributed by atoms with E-state index in [2.05, 4.69) is 35.0 Å². The Kier molecular flexibility index (Phi) is 1.17. The van der Waals surface area contributed by atoms with Gasteiger partial charge in [0.2, 0.25) is 0 Å². The third-order valence-corrected chi connectivity index (χ3v) is 4.71. The maximum atomic E-state index is 2.25. The van der Waals surface area contributed by atoms with Crippen molar-refractivity contribution in [1.29, 1.82) is 0 Å². The molecule has 14 heavy (non-hydrogen) atoms. The lowest BCUT2D eigenvalue weighted by Crippen LogP contribution is -1.70. The Bertz CT molecular complexity index is 607. The Morgan fingerprint density at radius 1 is 0.643 bits per heavy atom. The first kappa shape index (κ1) is 7.21. The molecule has 0 spiro atoms. The zero-order chi connectivity index (χ0) is 9.12. The summed E-state index contributed by atoms with van der Waals surface area (Å²) in [4.78, 5) is 0. The summed E-state index contributed by atoms with van der Waals surface area (Å²) in [5, 5.41) is 10.2. The van der Waals surface area contributed by atoms with Crippen molar-refractivity contribution in [2.45, 2.75) is 0 Å². The fourth-order valence-corrected chi connectivity index (χ4v) is 4.00. The predicted molar refractivity (Wildman–Crippen MR) is 65.9 cm³/mol. The normalized spacial score (nSPS) is 12.3. The van der Waals surface area contributed by atoms with Crippen molar-refractivity contribution in [3.05, 3.63) is 35.0 Å². The summed E-state index contributed by atoms with van der Waals surface area (Å²) < 4.78 is 2.83. The quantitative estimate of drug-likeness (QED) is 0.398. The average Bonchev–Trinajstić information content (AvgIpc) is 2.77. The Hall–Kier alpha value is -1.12. The Balaban J connectivity index is 2.59. The molecule has 0 bridgehead atoms. The molecule has 2 heterocycles. The van der Waals surface area contributed by atoms with Gasteiger partial charge in [-0.05, 0) is 33.7 Å². The molecule has 4 aromatic rings. The molecule has 0 N–H and O–H groups in total. The number of thiophene rings is 2. The molecule has 2 aromatic carbocycles. The minimum atomic E-state index is 1.39. The van der Waals surface area contributed by atoms with Gasteiger partial charge in [0.15, 0.2) is 0 Å². The lowest BCUT2D eigenvalue weighted by molar-refractivity contribution is 1.98. The van der Waals surface area contributed by atoms with Crippen molar-refractivity contribution in [3.8, 4) is 0 Å². The van der Waals surface area contributed by atoms with E-state index in [0.717, 1.165) is 0 Å². The summed E-state index contributed by atoms with van der Waals surface area (Å²) in [5.74, 6) is 0. The molecule has 0 saturated heterocycles. The van der Waals surface area contributed by atoms with Gasteiger partial charge in [-0.2, -0.15) is 0 Å². The Morgan fingerprint density at radius 3 is 1.64 bits per heavy atom. The van der Waals surface area contributed by atoms with Crippen molar-refractivity contribution >= 4 is 53.6 Å². The zero-order valence-corrected chi connectivity index (χ0v) is 8.91. The molecule has 0 aliphatic rings. The van der Waals surface area contributed by atoms with Crippen molar-refractivity contribution in [2.75, 3.05) is 0 Å².